The fourth-order valence-corrected chi connectivity index (χ4v) is 3.28. The summed E-state index contributed by atoms with van der Waals surface area (Å²) in [6, 6.07) is 0.651. The van der Waals surface area contributed by atoms with Crippen LogP contribution in [0.25, 0.3) is 0 Å². The van der Waals surface area contributed by atoms with Crippen molar-refractivity contribution in [2.24, 2.45) is 5.73 Å². The van der Waals surface area contributed by atoms with Crippen molar-refractivity contribution in [1.82, 2.24) is 4.90 Å². The number of primary amides is 1. The van der Waals surface area contributed by atoms with Crippen LogP contribution in [0, 0.1) is 0 Å². The van der Waals surface area contributed by atoms with Crippen molar-refractivity contribution in [3.8, 4) is 0 Å². The van der Waals surface area contributed by atoms with Crippen LogP contribution in [0.3, 0.4) is 0 Å². The Labute approximate surface area is 109 Å². The van der Waals surface area contributed by atoms with E-state index in [-0.39, 0.29) is 12.3 Å². The molecule has 1 saturated heterocycles. The van der Waals surface area contributed by atoms with E-state index in [0.29, 0.717) is 19.3 Å². The molecule has 1 aliphatic heterocycles. The van der Waals surface area contributed by atoms with Gasteiger partial charge in [-0.2, -0.15) is 0 Å². The quantitative estimate of drug-likeness (QED) is 0.779. The van der Waals surface area contributed by atoms with E-state index in [2.05, 4.69) is 4.90 Å². The van der Waals surface area contributed by atoms with Gasteiger partial charge in [0.2, 0.25) is 5.91 Å². The van der Waals surface area contributed by atoms with Gasteiger partial charge in [0.15, 0.2) is 0 Å². The summed E-state index contributed by atoms with van der Waals surface area (Å²) < 4.78 is 11.1. The van der Waals surface area contributed by atoms with Gasteiger partial charge in [-0.15, -0.1) is 0 Å². The van der Waals surface area contributed by atoms with Crippen LogP contribution in [-0.2, 0) is 14.3 Å². The summed E-state index contributed by atoms with van der Waals surface area (Å²) in [7, 11) is 1.64. The molecule has 0 spiro atoms. The maximum atomic E-state index is 11.2. The smallest absolute Gasteiger partial charge is 0.220 e. The Hall–Kier alpha value is -0.650. The van der Waals surface area contributed by atoms with E-state index in [4.69, 9.17) is 15.2 Å². The maximum absolute atomic E-state index is 11.2. The van der Waals surface area contributed by atoms with E-state index in [0.717, 1.165) is 13.1 Å². The third-order valence-electron chi connectivity index (χ3n) is 4.02. The number of amides is 1. The number of hydrogen-bond acceptors (Lipinski definition) is 4. The number of morpholine rings is 1. The topological polar surface area (TPSA) is 64.8 Å². The molecular formula is C13H24N2O3. The monoisotopic (exact) mass is 256 g/mol. The van der Waals surface area contributed by atoms with Gasteiger partial charge in [-0.25, -0.2) is 0 Å². The van der Waals surface area contributed by atoms with Gasteiger partial charge in [-0.3, -0.25) is 9.69 Å². The number of rotatable bonds is 5. The number of methoxy groups -OCH3 is 1. The van der Waals surface area contributed by atoms with Gasteiger partial charge < -0.3 is 15.2 Å². The molecule has 0 aromatic heterocycles. The standard InChI is InChI=1S/C13H24N2O3/c1-17-10-13(8-12(14)16)9-15(6-7-18-13)11-4-2-3-5-11/h11H,2-10H2,1H3,(H2,14,16)/t13-/m1/s1. The summed E-state index contributed by atoms with van der Waals surface area (Å²) in [6.07, 6.45) is 5.40. The van der Waals surface area contributed by atoms with E-state index >= 15 is 0 Å². The van der Waals surface area contributed by atoms with Gasteiger partial charge in [0.1, 0.15) is 5.60 Å². The highest BCUT2D eigenvalue weighted by atomic mass is 16.5. The minimum Gasteiger partial charge on any atom is -0.382 e. The summed E-state index contributed by atoms with van der Waals surface area (Å²) in [5.41, 5.74) is 4.80. The van der Waals surface area contributed by atoms with Crippen LogP contribution in [0.5, 0.6) is 0 Å². The van der Waals surface area contributed by atoms with E-state index < -0.39 is 5.60 Å². The van der Waals surface area contributed by atoms with Crippen LogP contribution >= 0.6 is 0 Å². The molecule has 5 nitrogen and oxygen atoms in total. The van der Waals surface area contributed by atoms with Crippen molar-refractivity contribution in [3.05, 3.63) is 0 Å². The number of hydrogen-bond donors (Lipinski definition) is 1. The van der Waals surface area contributed by atoms with Crippen LogP contribution in [0.1, 0.15) is 32.1 Å². The summed E-state index contributed by atoms with van der Waals surface area (Å²) in [6.45, 7) is 2.80. The molecule has 1 heterocycles. The lowest BCUT2D eigenvalue weighted by Crippen LogP contribution is -2.57. The molecule has 0 unspecified atom stereocenters. The number of nitrogens with zero attached hydrogens (tertiary/aromatic N) is 1. The summed E-state index contributed by atoms with van der Waals surface area (Å²) in [4.78, 5) is 13.7. The van der Waals surface area contributed by atoms with Gasteiger partial charge in [-0.05, 0) is 12.8 Å². The zero-order chi connectivity index (χ0) is 13.0. The molecule has 104 valence electrons. The number of nitrogens with two attached hydrogens (primary N) is 1. The number of carbonyl (C=O) groups is 1. The largest absolute Gasteiger partial charge is 0.382 e. The molecule has 2 aliphatic rings. The minimum absolute atomic E-state index is 0.240. The average molecular weight is 256 g/mol. The maximum Gasteiger partial charge on any atom is 0.220 e. The second kappa shape index (κ2) is 5.99. The first-order valence-corrected chi connectivity index (χ1v) is 6.80. The van der Waals surface area contributed by atoms with Gasteiger partial charge in [0.05, 0.1) is 19.6 Å². The molecule has 1 amide bonds. The van der Waals surface area contributed by atoms with Gasteiger partial charge in [0.25, 0.3) is 0 Å². The molecule has 1 aliphatic carbocycles. The summed E-state index contributed by atoms with van der Waals surface area (Å²) in [5, 5.41) is 0. The highest BCUT2D eigenvalue weighted by Crippen LogP contribution is 2.29. The third kappa shape index (κ3) is 3.22. The van der Waals surface area contributed by atoms with Gasteiger partial charge >= 0.3 is 0 Å². The lowest BCUT2D eigenvalue weighted by molar-refractivity contribution is -0.158. The molecule has 0 aromatic carbocycles. The normalized spacial score (nSPS) is 30.7. The molecule has 2 rings (SSSR count). The Morgan fingerprint density at radius 1 is 1.50 bits per heavy atom. The Morgan fingerprint density at radius 3 is 2.83 bits per heavy atom. The minimum atomic E-state index is -0.540. The summed E-state index contributed by atoms with van der Waals surface area (Å²) in [5.74, 6) is -0.319. The van der Waals surface area contributed by atoms with Crippen molar-refractivity contribution in [3.63, 3.8) is 0 Å². The third-order valence-corrected chi connectivity index (χ3v) is 4.02. The van der Waals surface area contributed by atoms with Crippen molar-refractivity contribution >= 4 is 5.91 Å². The van der Waals surface area contributed by atoms with E-state index in [1.807, 2.05) is 0 Å². The van der Waals surface area contributed by atoms with E-state index in [1.165, 1.54) is 25.7 Å². The average Bonchev–Trinajstić information content (AvgIpc) is 2.81. The first-order chi connectivity index (χ1) is 8.65. The molecule has 18 heavy (non-hydrogen) atoms. The molecule has 0 bridgehead atoms. The highest BCUT2D eigenvalue weighted by Gasteiger charge is 2.40. The van der Waals surface area contributed by atoms with Crippen LogP contribution in [0.4, 0.5) is 0 Å². The van der Waals surface area contributed by atoms with Crippen LogP contribution in [0.15, 0.2) is 0 Å². The van der Waals surface area contributed by atoms with Gasteiger partial charge in [0, 0.05) is 26.2 Å². The second-order valence-corrected chi connectivity index (χ2v) is 5.52. The Kier molecular flexibility index (Phi) is 4.59. The molecule has 0 aromatic rings. The van der Waals surface area contributed by atoms with Crippen LogP contribution < -0.4 is 5.73 Å². The van der Waals surface area contributed by atoms with E-state index in [1.54, 1.807) is 7.11 Å². The molecule has 2 N–H and O–H groups in total. The first-order valence-electron chi connectivity index (χ1n) is 6.80. The molecule has 5 heteroatoms. The molecule has 2 fully saturated rings. The molecular weight excluding hydrogens is 232 g/mol. The van der Waals surface area contributed by atoms with E-state index in [9.17, 15) is 4.79 Å². The van der Waals surface area contributed by atoms with Crippen molar-refractivity contribution in [1.29, 1.82) is 0 Å². The highest BCUT2D eigenvalue weighted by molar-refractivity contribution is 5.75. The number of ether oxygens (including phenoxy) is 2. The van der Waals surface area contributed by atoms with Crippen molar-refractivity contribution in [2.45, 2.75) is 43.7 Å². The Bertz CT molecular complexity index is 288. The zero-order valence-electron chi connectivity index (χ0n) is 11.2. The Morgan fingerprint density at radius 2 is 2.22 bits per heavy atom. The molecule has 0 radical (unpaired) electrons. The second-order valence-electron chi connectivity index (χ2n) is 5.52. The van der Waals surface area contributed by atoms with Crippen molar-refractivity contribution in [2.75, 3.05) is 33.4 Å². The van der Waals surface area contributed by atoms with Crippen LogP contribution in [0.2, 0.25) is 0 Å². The first kappa shape index (κ1) is 13.8. The predicted octanol–water partition coefficient (Wildman–Crippen LogP) is 0.522. The fourth-order valence-electron chi connectivity index (χ4n) is 3.28. The molecule has 1 atom stereocenters. The lowest BCUT2D eigenvalue weighted by atomic mass is 9.96. The Balaban J connectivity index is 2.02. The van der Waals surface area contributed by atoms with Crippen LogP contribution in [-0.4, -0.2) is 55.9 Å². The van der Waals surface area contributed by atoms with Gasteiger partial charge in [-0.1, -0.05) is 12.8 Å². The molecule has 1 saturated carbocycles. The predicted molar refractivity (Wildman–Crippen MR) is 68.2 cm³/mol. The zero-order valence-corrected chi connectivity index (χ0v) is 11.2. The summed E-state index contributed by atoms with van der Waals surface area (Å²) >= 11 is 0. The number of carbonyl (C=O) groups excluding carboxylic acids is 1. The lowest BCUT2D eigenvalue weighted by Gasteiger charge is -2.44. The fraction of sp³-hybridized carbons (Fsp3) is 0.923. The van der Waals surface area contributed by atoms with Crippen molar-refractivity contribution < 1.29 is 14.3 Å². The SMILES string of the molecule is COC[C@@]1(CC(N)=O)CN(C2CCCC2)CCO1.